The molecule has 1 aliphatic rings. The summed E-state index contributed by atoms with van der Waals surface area (Å²) in [6, 6.07) is 18.3. The summed E-state index contributed by atoms with van der Waals surface area (Å²) in [4.78, 5) is 36.0. The van der Waals surface area contributed by atoms with Gasteiger partial charge in [0.25, 0.3) is 5.91 Å². The van der Waals surface area contributed by atoms with Crippen molar-refractivity contribution in [3.63, 3.8) is 0 Å². The zero-order valence-corrected chi connectivity index (χ0v) is 20.8. The maximum absolute atomic E-state index is 13.9. The first-order valence-corrected chi connectivity index (χ1v) is 12.1. The number of urea groups is 1. The van der Waals surface area contributed by atoms with Gasteiger partial charge < -0.3 is 19.8 Å². The van der Waals surface area contributed by atoms with Crippen LogP contribution in [-0.4, -0.2) is 87.2 Å². The Morgan fingerprint density at radius 2 is 1.62 bits per heavy atom. The van der Waals surface area contributed by atoms with E-state index in [4.69, 9.17) is 4.98 Å². The number of fused-ring (bicyclic) bond motifs is 1. The highest BCUT2D eigenvalue weighted by molar-refractivity contribution is 6.09. The zero-order valence-electron chi connectivity index (χ0n) is 20.8. The number of aromatic amines is 1. The number of hydrogen-bond acceptors (Lipinski definition) is 5. The Hall–Kier alpha value is -4.66. The molecule has 0 saturated carbocycles. The normalized spacial score (nSPS) is 13.9. The maximum atomic E-state index is 13.9. The monoisotopic (exact) mass is 496 g/mol. The van der Waals surface area contributed by atoms with Crippen LogP contribution < -0.4 is 0 Å². The standard InChI is InChI=1S/C28H28N6O3/c1-32(2)28(37)34-16-14-33(15-17-34)27(36)22-18-24(20-9-11-21(35)12-10-20)29-26-25(22)23(30-31-26)13-8-19-6-4-3-5-7-19/h3-13,18,35H,14-17H2,1-2H3,(H,29,30,31). The Bertz CT molecular complexity index is 1450. The van der Waals surface area contributed by atoms with Gasteiger partial charge in [0, 0.05) is 45.8 Å². The summed E-state index contributed by atoms with van der Waals surface area (Å²) in [6.45, 7) is 1.80. The largest absolute Gasteiger partial charge is 0.508 e. The van der Waals surface area contributed by atoms with Crippen molar-refractivity contribution in [3.8, 4) is 17.0 Å². The molecule has 2 aromatic heterocycles. The van der Waals surface area contributed by atoms with Crippen LogP contribution in [0.2, 0.25) is 0 Å². The summed E-state index contributed by atoms with van der Waals surface area (Å²) in [7, 11) is 3.45. The number of aromatic hydroxyl groups is 1. The van der Waals surface area contributed by atoms with E-state index in [0.29, 0.717) is 54.2 Å². The van der Waals surface area contributed by atoms with Crippen LogP contribution in [0.1, 0.15) is 21.6 Å². The minimum absolute atomic E-state index is 0.0591. The molecule has 0 atom stereocenters. The number of carbonyl (C=O) groups is 2. The zero-order chi connectivity index (χ0) is 25.9. The van der Waals surface area contributed by atoms with E-state index in [2.05, 4.69) is 10.2 Å². The number of benzene rings is 2. The number of amides is 3. The number of pyridine rings is 1. The molecule has 3 heterocycles. The van der Waals surface area contributed by atoms with E-state index >= 15 is 0 Å². The van der Waals surface area contributed by atoms with Crippen LogP contribution in [0, 0.1) is 0 Å². The summed E-state index contributed by atoms with van der Waals surface area (Å²) in [5, 5.41) is 17.8. The average molecular weight is 497 g/mol. The van der Waals surface area contributed by atoms with Crippen molar-refractivity contribution >= 4 is 35.1 Å². The summed E-state index contributed by atoms with van der Waals surface area (Å²) >= 11 is 0. The molecule has 9 heteroatoms. The predicted octanol–water partition coefficient (Wildman–Crippen LogP) is 3.94. The van der Waals surface area contributed by atoms with Crippen LogP contribution in [0.15, 0.2) is 60.7 Å². The molecule has 188 valence electrons. The van der Waals surface area contributed by atoms with E-state index in [1.54, 1.807) is 59.1 Å². The van der Waals surface area contributed by atoms with Gasteiger partial charge >= 0.3 is 6.03 Å². The van der Waals surface area contributed by atoms with Gasteiger partial charge in [0.2, 0.25) is 0 Å². The molecule has 1 saturated heterocycles. The van der Waals surface area contributed by atoms with Crippen LogP contribution in [0.25, 0.3) is 34.4 Å². The number of phenols is 1. The molecule has 0 radical (unpaired) electrons. The van der Waals surface area contributed by atoms with Gasteiger partial charge in [-0.2, -0.15) is 5.10 Å². The van der Waals surface area contributed by atoms with Gasteiger partial charge in [0.1, 0.15) is 5.75 Å². The number of nitrogens with zero attached hydrogens (tertiary/aromatic N) is 5. The minimum atomic E-state index is -0.139. The quantitative estimate of drug-likeness (QED) is 0.445. The highest BCUT2D eigenvalue weighted by Crippen LogP contribution is 2.29. The van der Waals surface area contributed by atoms with Gasteiger partial charge in [-0.05, 0) is 42.0 Å². The highest BCUT2D eigenvalue weighted by Gasteiger charge is 2.28. The maximum Gasteiger partial charge on any atom is 0.319 e. The van der Waals surface area contributed by atoms with Crippen molar-refractivity contribution in [2.24, 2.45) is 0 Å². The molecule has 2 N–H and O–H groups in total. The predicted molar refractivity (Wildman–Crippen MR) is 143 cm³/mol. The van der Waals surface area contributed by atoms with E-state index in [0.717, 1.165) is 11.1 Å². The second-order valence-corrected chi connectivity index (χ2v) is 9.13. The van der Waals surface area contributed by atoms with Gasteiger partial charge in [-0.15, -0.1) is 0 Å². The molecule has 9 nitrogen and oxygen atoms in total. The first-order valence-electron chi connectivity index (χ1n) is 12.1. The summed E-state index contributed by atoms with van der Waals surface area (Å²) < 4.78 is 0. The van der Waals surface area contributed by atoms with Crippen molar-refractivity contribution in [2.45, 2.75) is 0 Å². The minimum Gasteiger partial charge on any atom is -0.508 e. The Labute approximate surface area is 214 Å². The van der Waals surface area contributed by atoms with E-state index in [1.807, 2.05) is 42.5 Å². The lowest BCUT2D eigenvalue weighted by molar-refractivity contribution is 0.0652. The molecule has 5 rings (SSSR count). The van der Waals surface area contributed by atoms with Gasteiger partial charge in [-0.25, -0.2) is 9.78 Å². The van der Waals surface area contributed by atoms with Crippen LogP contribution in [0.5, 0.6) is 5.75 Å². The van der Waals surface area contributed by atoms with Gasteiger partial charge in [-0.1, -0.05) is 36.4 Å². The van der Waals surface area contributed by atoms with Crippen molar-refractivity contribution < 1.29 is 14.7 Å². The SMILES string of the molecule is CN(C)C(=O)N1CCN(C(=O)c2cc(-c3ccc(O)cc3)nc3[nH]nc(C=Cc4ccccc4)c23)CC1. The van der Waals surface area contributed by atoms with Gasteiger partial charge in [0.05, 0.1) is 22.3 Å². The summed E-state index contributed by atoms with van der Waals surface area (Å²) in [6.07, 6.45) is 3.82. The molecule has 1 fully saturated rings. The highest BCUT2D eigenvalue weighted by atomic mass is 16.3. The smallest absolute Gasteiger partial charge is 0.319 e. The van der Waals surface area contributed by atoms with Crippen LogP contribution in [-0.2, 0) is 0 Å². The number of carbonyl (C=O) groups excluding carboxylic acids is 2. The van der Waals surface area contributed by atoms with Crippen LogP contribution in [0.3, 0.4) is 0 Å². The molecular weight excluding hydrogens is 468 g/mol. The second kappa shape index (κ2) is 10.1. The van der Waals surface area contributed by atoms with Gasteiger partial charge in [0.15, 0.2) is 5.65 Å². The molecule has 0 spiro atoms. The molecule has 37 heavy (non-hydrogen) atoms. The number of piperazine rings is 1. The van der Waals surface area contributed by atoms with Crippen LogP contribution >= 0.6 is 0 Å². The number of phenolic OH excluding ortho intramolecular Hbond substituents is 1. The van der Waals surface area contributed by atoms with Gasteiger partial charge in [-0.3, -0.25) is 9.89 Å². The fraction of sp³-hybridized carbons (Fsp3) is 0.214. The third-order valence-corrected chi connectivity index (χ3v) is 6.40. The van der Waals surface area contributed by atoms with Crippen molar-refractivity contribution in [3.05, 3.63) is 77.5 Å². The van der Waals surface area contributed by atoms with Crippen LogP contribution in [0.4, 0.5) is 4.79 Å². The van der Waals surface area contributed by atoms with E-state index in [1.165, 1.54) is 0 Å². The molecule has 4 aromatic rings. The number of nitrogens with one attached hydrogen (secondary N) is 1. The molecular formula is C28H28N6O3. The molecule has 0 bridgehead atoms. The fourth-order valence-electron chi connectivity index (χ4n) is 4.42. The van der Waals surface area contributed by atoms with Crippen molar-refractivity contribution in [2.75, 3.05) is 40.3 Å². The van der Waals surface area contributed by atoms with Crippen molar-refractivity contribution in [1.29, 1.82) is 0 Å². The molecule has 1 aliphatic heterocycles. The van der Waals surface area contributed by atoms with Crippen molar-refractivity contribution in [1.82, 2.24) is 29.9 Å². The fourth-order valence-corrected chi connectivity index (χ4v) is 4.42. The molecule has 0 unspecified atom stereocenters. The molecule has 2 aromatic carbocycles. The topological polar surface area (TPSA) is 106 Å². The lowest BCUT2D eigenvalue weighted by Gasteiger charge is -2.36. The second-order valence-electron chi connectivity index (χ2n) is 9.13. The Balaban J connectivity index is 1.53. The molecule has 3 amide bonds. The molecule has 0 aliphatic carbocycles. The third-order valence-electron chi connectivity index (χ3n) is 6.40. The number of H-pyrrole nitrogens is 1. The Morgan fingerprint density at radius 1 is 0.946 bits per heavy atom. The number of aromatic nitrogens is 3. The Kier molecular flexibility index (Phi) is 6.59. The first kappa shape index (κ1) is 24.1. The average Bonchev–Trinajstić information content (AvgIpc) is 3.34. The summed E-state index contributed by atoms with van der Waals surface area (Å²) in [5.41, 5.74) is 3.99. The third kappa shape index (κ3) is 5.02. The van der Waals surface area contributed by atoms with E-state index in [9.17, 15) is 14.7 Å². The number of rotatable bonds is 4. The number of hydrogen-bond donors (Lipinski definition) is 2. The van der Waals surface area contributed by atoms with E-state index in [-0.39, 0.29) is 17.7 Å². The lowest BCUT2D eigenvalue weighted by Crippen LogP contribution is -2.52. The first-order chi connectivity index (χ1) is 17.9. The Morgan fingerprint density at radius 3 is 2.30 bits per heavy atom. The summed E-state index contributed by atoms with van der Waals surface area (Å²) in [5.74, 6) is 0.0151. The lowest BCUT2D eigenvalue weighted by atomic mass is 10.0. The van der Waals surface area contributed by atoms with E-state index < -0.39 is 0 Å².